The van der Waals surface area contributed by atoms with Crippen LogP contribution in [0.15, 0.2) is 40.9 Å². The topological polar surface area (TPSA) is 49.5 Å². The Bertz CT molecular complexity index is 482. The summed E-state index contributed by atoms with van der Waals surface area (Å²) in [5, 5.41) is 14.0. The molecular weight excluding hydrogens is 228 g/mol. The Balaban J connectivity index is 1.89. The van der Waals surface area contributed by atoms with Crippen molar-refractivity contribution in [3.05, 3.63) is 53.4 Å². The van der Waals surface area contributed by atoms with Gasteiger partial charge >= 0.3 is 0 Å². The molecular formula is C14H18N2O2. The van der Waals surface area contributed by atoms with Gasteiger partial charge in [-0.2, -0.15) is 0 Å². The number of aryl methyl sites for hydroxylation is 1. The van der Waals surface area contributed by atoms with Crippen LogP contribution in [0, 0.1) is 6.92 Å². The van der Waals surface area contributed by atoms with Crippen LogP contribution < -0.4 is 0 Å². The molecule has 1 atom stereocenters. The maximum Gasteiger partial charge on any atom is 0.133 e. The molecule has 1 heterocycles. The van der Waals surface area contributed by atoms with Gasteiger partial charge in [-0.1, -0.05) is 35.5 Å². The summed E-state index contributed by atoms with van der Waals surface area (Å²) in [7, 11) is 1.95. The molecule has 0 bridgehead atoms. The van der Waals surface area contributed by atoms with E-state index in [-0.39, 0.29) is 0 Å². The molecule has 1 aromatic heterocycles. The van der Waals surface area contributed by atoms with E-state index in [4.69, 9.17) is 4.52 Å². The zero-order valence-corrected chi connectivity index (χ0v) is 10.7. The Hall–Kier alpha value is -1.65. The van der Waals surface area contributed by atoms with Crippen LogP contribution in [0.2, 0.25) is 0 Å². The van der Waals surface area contributed by atoms with Gasteiger partial charge in [-0.15, -0.1) is 0 Å². The first-order valence-corrected chi connectivity index (χ1v) is 5.99. The summed E-state index contributed by atoms with van der Waals surface area (Å²) in [6.45, 7) is 3.10. The van der Waals surface area contributed by atoms with Crippen molar-refractivity contribution >= 4 is 0 Å². The van der Waals surface area contributed by atoms with E-state index in [0.29, 0.717) is 13.1 Å². The lowest BCUT2D eigenvalue weighted by molar-refractivity contribution is 0.122. The van der Waals surface area contributed by atoms with E-state index in [0.717, 1.165) is 17.0 Å². The Morgan fingerprint density at radius 1 is 1.33 bits per heavy atom. The van der Waals surface area contributed by atoms with Gasteiger partial charge in [-0.3, -0.25) is 4.90 Å². The van der Waals surface area contributed by atoms with Crippen LogP contribution in [0.1, 0.15) is 23.1 Å². The number of hydrogen-bond donors (Lipinski definition) is 1. The van der Waals surface area contributed by atoms with Crippen molar-refractivity contribution in [1.82, 2.24) is 10.1 Å². The predicted molar refractivity (Wildman–Crippen MR) is 69.0 cm³/mol. The molecule has 0 saturated heterocycles. The molecule has 0 aliphatic heterocycles. The molecule has 0 unspecified atom stereocenters. The van der Waals surface area contributed by atoms with Crippen molar-refractivity contribution < 1.29 is 9.63 Å². The van der Waals surface area contributed by atoms with Crippen molar-refractivity contribution in [3.8, 4) is 0 Å². The highest BCUT2D eigenvalue weighted by Gasteiger charge is 2.11. The Labute approximate surface area is 107 Å². The lowest BCUT2D eigenvalue weighted by Gasteiger charge is -2.19. The third-order valence-electron chi connectivity index (χ3n) is 2.78. The molecule has 0 aliphatic rings. The van der Waals surface area contributed by atoms with Crippen LogP contribution in [0.3, 0.4) is 0 Å². The van der Waals surface area contributed by atoms with Crippen molar-refractivity contribution in [3.63, 3.8) is 0 Å². The van der Waals surface area contributed by atoms with Gasteiger partial charge in [0.05, 0.1) is 11.8 Å². The second-order valence-corrected chi connectivity index (χ2v) is 4.55. The SMILES string of the molecule is Cc1cc(CN(C)C[C@H](O)c2ccccc2)no1. The summed E-state index contributed by atoms with van der Waals surface area (Å²) in [4.78, 5) is 2.02. The van der Waals surface area contributed by atoms with Gasteiger partial charge < -0.3 is 9.63 Å². The van der Waals surface area contributed by atoms with Crippen LogP contribution in [0.25, 0.3) is 0 Å². The molecule has 0 saturated carbocycles. The van der Waals surface area contributed by atoms with E-state index in [1.807, 2.05) is 55.3 Å². The number of likely N-dealkylation sites (N-methyl/N-ethyl adjacent to an activating group) is 1. The lowest BCUT2D eigenvalue weighted by atomic mass is 10.1. The maximum absolute atomic E-state index is 10.1. The fourth-order valence-electron chi connectivity index (χ4n) is 1.91. The second kappa shape index (κ2) is 5.80. The van der Waals surface area contributed by atoms with Crippen molar-refractivity contribution in [2.75, 3.05) is 13.6 Å². The first-order valence-electron chi connectivity index (χ1n) is 5.99. The summed E-state index contributed by atoms with van der Waals surface area (Å²) in [6, 6.07) is 11.6. The number of benzene rings is 1. The van der Waals surface area contributed by atoms with E-state index in [2.05, 4.69) is 5.16 Å². The summed E-state index contributed by atoms with van der Waals surface area (Å²) >= 11 is 0. The summed E-state index contributed by atoms with van der Waals surface area (Å²) < 4.78 is 5.02. The average molecular weight is 246 g/mol. The minimum Gasteiger partial charge on any atom is -0.387 e. The van der Waals surface area contributed by atoms with Crippen LogP contribution >= 0.6 is 0 Å². The van der Waals surface area contributed by atoms with Gasteiger partial charge in [-0.05, 0) is 19.5 Å². The van der Waals surface area contributed by atoms with E-state index >= 15 is 0 Å². The molecule has 0 radical (unpaired) electrons. The van der Waals surface area contributed by atoms with E-state index < -0.39 is 6.10 Å². The van der Waals surface area contributed by atoms with Crippen molar-refractivity contribution in [2.45, 2.75) is 19.6 Å². The number of rotatable bonds is 5. The third kappa shape index (κ3) is 3.42. The molecule has 2 aromatic rings. The molecule has 96 valence electrons. The van der Waals surface area contributed by atoms with E-state index in [9.17, 15) is 5.11 Å². The monoisotopic (exact) mass is 246 g/mol. The molecule has 4 nitrogen and oxygen atoms in total. The standard InChI is InChI=1S/C14H18N2O2/c1-11-8-13(15-18-11)9-16(2)10-14(17)12-6-4-3-5-7-12/h3-8,14,17H,9-10H2,1-2H3/t14-/m0/s1. The molecule has 0 fully saturated rings. The summed E-state index contributed by atoms with van der Waals surface area (Å²) in [5.74, 6) is 0.807. The minimum atomic E-state index is -0.482. The Morgan fingerprint density at radius 3 is 2.67 bits per heavy atom. The molecule has 2 rings (SSSR count). The lowest BCUT2D eigenvalue weighted by Crippen LogP contribution is -2.24. The summed E-state index contributed by atoms with van der Waals surface area (Å²) in [5.41, 5.74) is 1.82. The van der Waals surface area contributed by atoms with E-state index in [1.165, 1.54) is 0 Å². The van der Waals surface area contributed by atoms with Crippen molar-refractivity contribution in [2.24, 2.45) is 0 Å². The minimum absolute atomic E-state index is 0.482. The number of aromatic nitrogens is 1. The van der Waals surface area contributed by atoms with Gasteiger partial charge in [0.15, 0.2) is 0 Å². The quantitative estimate of drug-likeness (QED) is 0.878. The molecule has 1 aromatic carbocycles. The van der Waals surface area contributed by atoms with Crippen molar-refractivity contribution in [1.29, 1.82) is 0 Å². The number of hydrogen-bond acceptors (Lipinski definition) is 4. The van der Waals surface area contributed by atoms with Gasteiger partial charge in [-0.25, -0.2) is 0 Å². The predicted octanol–water partition coefficient (Wildman–Crippen LogP) is 2.15. The molecule has 0 amide bonds. The molecule has 18 heavy (non-hydrogen) atoms. The number of nitrogens with zero attached hydrogens (tertiary/aromatic N) is 2. The fraction of sp³-hybridized carbons (Fsp3) is 0.357. The highest BCUT2D eigenvalue weighted by Crippen LogP contribution is 2.14. The van der Waals surface area contributed by atoms with Crippen LogP contribution in [-0.4, -0.2) is 28.8 Å². The van der Waals surface area contributed by atoms with Crippen LogP contribution in [0.5, 0.6) is 0 Å². The normalized spacial score (nSPS) is 12.9. The summed E-state index contributed by atoms with van der Waals surface area (Å²) in [6.07, 6.45) is -0.482. The third-order valence-corrected chi connectivity index (χ3v) is 2.78. The number of aliphatic hydroxyl groups is 1. The van der Waals surface area contributed by atoms with Gasteiger partial charge in [0.1, 0.15) is 5.76 Å². The molecule has 1 N–H and O–H groups in total. The smallest absolute Gasteiger partial charge is 0.133 e. The first kappa shape index (κ1) is 12.8. The molecule has 4 heteroatoms. The zero-order chi connectivity index (χ0) is 13.0. The fourth-order valence-corrected chi connectivity index (χ4v) is 1.91. The van der Waals surface area contributed by atoms with Crippen LogP contribution in [-0.2, 0) is 6.54 Å². The number of aliphatic hydroxyl groups excluding tert-OH is 1. The largest absolute Gasteiger partial charge is 0.387 e. The highest BCUT2D eigenvalue weighted by atomic mass is 16.5. The molecule has 0 spiro atoms. The first-order chi connectivity index (χ1) is 8.65. The zero-order valence-electron chi connectivity index (χ0n) is 10.7. The average Bonchev–Trinajstić information content (AvgIpc) is 2.75. The van der Waals surface area contributed by atoms with E-state index in [1.54, 1.807) is 0 Å². The highest BCUT2D eigenvalue weighted by molar-refractivity contribution is 5.17. The van der Waals surface area contributed by atoms with Gasteiger partial charge in [0.25, 0.3) is 0 Å². The maximum atomic E-state index is 10.1. The van der Waals surface area contributed by atoms with Gasteiger partial charge in [0.2, 0.25) is 0 Å². The van der Waals surface area contributed by atoms with Gasteiger partial charge in [0, 0.05) is 19.2 Å². The van der Waals surface area contributed by atoms with Crippen LogP contribution in [0.4, 0.5) is 0 Å². The second-order valence-electron chi connectivity index (χ2n) is 4.55. The Morgan fingerprint density at radius 2 is 2.06 bits per heavy atom. The Kier molecular flexibility index (Phi) is 4.12. The molecule has 0 aliphatic carbocycles.